The molecule has 0 aromatic rings. The van der Waals surface area contributed by atoms with Crippen LogP contribution in [0.3, 0.4) is 0 Å². The van der Waals surface area contributed by atoms with Crippen LogP contribution >= 0.6 is 0 Å². The molecule has 5 nitrogen and oxygen atoms in total. The Morgan fingerprint density at radius 2 is 1.23 bits per heavy atom. The molecule has 0 spiro atoms. The average molecular weight is 202 g/mol. The van der Waals surface area contributed by atoms with E-state index in [1.165, 1.54) is 0 Å². The maximum atomic E-state index is 9.00. The van der Waals surface area contributed by atoms with Gasteiger partial charge in [0.15, 0.2) is 0 Å². The number of aliphatic carboxylic acids is 2. The summed E-state index contributed by atoms with van der Waals surface area (Å²) in [6.45, 7) is 5.50. The number of hydrogen-bond donors (Lipinski definition) is 2. The Hall–Kier alpha value is -0.100. The van der Waals surface area contributed by atoms with Gasteiger partial charge in [-0.1, -0.05) is 0 Å². The van der Waals surface area contributed by atoms with Crippen molar-refractivity contribution >= 4 is 11.9 Å². The summed E-state index contributed by atoms with van der Waals surface area (Å²) in [6.07, 6.45) is -0.167. The van der Waals surface area contributed by atoms with E-state index in [1.807, 2.05) is 0 Å². The third-order valence-electron chi connectivity index (χ3n) is 0. The van der Waals surface area contributed by atoms with Gasteiger partial charge in [0, 0.05) is 19.0 Å². The van der Waals surface area contributed by atoms with Crippen LogP contribution in [0.5, 0.6) is 0 Å². The molecule has 0 saturated heterocycles. The second-order valence-electron chi connectivity index (χ2n) is 2.10. The second kappa shape index (κ2) is 17.8. The van der Waals surface area contributed by atoms with Gasteiger partial charge in [-0.05, 0) is 20.8 Å². The van der Waals surface area contributed by atoms with E-state index in [-0.39, 0.29) is 35.7 Å². The maximum Gasteiger partial charge on any atom is 1.00 e. The first-order valence-corrected chi connectivity index (χ1v) is 3.25. The van der Waals surface area contributed by atoms with Gasteiger partial charge < -0.3 is 20.1 Å². The molecule has 0 amide bonds. The van der Waals surface area contributed by atoms with Crippen LogP contribution in [-0.2, 0) is 9.59 Å². The minimum Gasteiger partial charge on any atom is -0.550 e. The molecule has 0 aliphatic heterocycles. The van der Waals surface area contributed by atoms with Crippen LogP contribution in [0.15, 0.2) is 0 Å². The molecule has 0 fully saturated rings. The number of aliphatic hydroxyl groups is 1. The zero-order valence-electron chi connectivity index (χ0n) is 8.70. The van der Waals surface area contributed by atoms with E-state index in [4.69, 9.17) is 24.9 Å². The van der Waals surface area contributed by atoms with Crippen LogP contribution < -0.4 is 34.7 Å². The summed E-state index contributed by atoms with van der Waals surface area (Å²) >= 11 is 0. The van der Waals surface area contributed by atoms with Crippen LogP contribution in [0.1, 0.15) is 27.7 Å². The molecule has 0 aromatic carbocycles. The fraction of sp³-hybridized carbons (Fsp3) is 0.714. The number of rotatable bonds is 0. The van der Waals surface area contributed by atoms with Crippen molar-refractivity contribution in [2.45, 2.75) is 33.8 Å². The Kier molecular flexibility index (Phi) is 31.7. The fourth-order valence-corrected chi connectivity index (χ4v) is 0. The minimum absolute atomic E-state index is 0. The molecular formula is C7H15NaO5. The van der Waals surface area contributed by atoms with Crippen molar-refractivity contribution in [1.29, 1.82) is 0 Å². The van der Waals surface area contributed by atoms with Crippen LogP contribution in [0.2, 0.25) is 0 Å². The summed E-state index contributed by atoms with van der Waals surface area (Å²) in [4.78, 5) is 17.9. The zero-order valence-corrected chi connectivity index (χ0v) is 10.7. The molecule has 2 N–H and O–H groups in total. The topological polar surface area (TPSA) is 97.7 Å². The molecule has 0 bridgehead atoms. The third kappa shape index (κ3) is 117000. The molecule has 13 heavy (non-hydrogen) atoms. The van der Waals surface area contributed by atoms with Gasteiger partial charge >= 0.3 is 29.6 Å². The summed E-state index contributed by atoms with van der Waals surface area (Å²) in [5, 5.41) is 24.4. The molecule has 0 unspecified atom stereocenters. The predicted octanol–water partition coefficient (Wildman–Crippen LogP) is -3.76. The summed E-state index contributed by atoms with van der Waals surface area (Å²) < 4.78 is 0. The van der Waals surface area contributed by atoms with Crippen molar-refractivity contribution in [3.63, 3.8) is 0 Å². The number of carboxylic acids is 2. The molecular weight excluding hydrogens is 187 g/mol. The van der Waals surface area contributed by atoms with Gasteiger partial charge in [-0.3, -0.25) is 4.79 Å². The number of carbonyl (C=O) groups excluding carboxylic acids is 1. The standard InChI is InChI=1S/C3H8O.2C2H4O2.Na/c1-3(2)4;2*1-2(3)4;/h3-4H,1-2H3;2*1H3,(H,3,4);/q;;;+1/p-1. The average Bonchev–Trinajstić information content (AvgIpc) is 1.54. The fourth-order valence-electron chi connectivity index (χ4n) is 0. The normalized spacial score (nSPS) is 6.62. The van der Waals surface area contributed by atoms with Gasteiger partial charge in [0.1, 0.15) is 0 Å². The molecule has 0 radical (unpaired) electrons. The molecule has 6 heteroatoms. The first kappa shape index (κ1) is 23.1. The Balaban J connectivity index is -0.0000000450. The van der Waals surface area contributed by atoms with Gasteiger partial charge in [0.05, 0.1) is 0 Å². The van der Waals surface area contributed by atoms with Crippen LogP contribution in [0.4, 0.5) is 0 Å². The number of carbonyl (C=O) groups is 2. The van der Waals surface area contributed by atoms with E-state index in [0.717, 1.165) is 13.8 Å². The van der Waals surface area contributed by atoms with Crippen molar-refractivity contribution in [1.82, 2.24) is 0 Å². The first-order chi connectivity index (χ1) is 5.20. The molecule has 74 valence electrons. The molecule has 0 saturated carbocycles. The molecule has 0 atom stereocenters. The van der Waals surface area contributed by atoms with Crippen molar-refractivity contribution in [3.8, 4) is 0 Å². The smallest absolute Gasteiger partial charge is 0.550 e. The number of carboxylic acid groups (broad SMARTS) is 2. The first-order valence-electron chi connectivity index (χ1n) is 3.25. The summed E-state index contributed by atoms with van der Waals surface area (Å²) in [6, 6.07) is 0. The molecule has 0 aliphatic carbocycles. The van der Waals surface area contributed by atoms with Crippen molar-refractivity contribution in [3.05, 3.63) is 0 Å². The molecule has 0 aromatic heterocycles. The zero-order chi connectivity index (χ0) is 10.7. The van der Waals surface area contributed by atoms with Crippen LogP contribution in [0.25, 0.3) is 0 Å². The van der Waals surface area contributed by atoms with Crippen LogP contribution in [-0.4, -0.2) is 28.3 Å². The van der Waals surface area contributed by atoms with Gasteiger partial charge in [-0.25, -0.2) is 0 Å². The Morgan fingerprint density at radius 1 is 1.23 bits per heavy atom. The molecule has 0 heterocycles. The number of aliphatic hydroxyl groups excluding tert-OH is 1. The quantitative estimate of drug-likeness (QED) is 0.393. The summed E-state index contributed by atoms with van der Waals surface area (Å²) in [5.41, 5.74) is 0. The van der Waals surface area contributed by atoms with Crippen molar-refractivity contribution in [2.75, 3.05) is 0 Å². The molecule has 0 rings (SSSR count). The van der Waals surface area contributed by atoms with E-state index in [9.17, 15) is 0 Å². The van der Waals surface area contributed by atoms with E-state index < -0.39 is 11.9 Å². The van der Waals surface area contributed by atoms with E-state index >= 15 is 0 Å². The summed E-state index contributed by atoms with van der Waals surface area (Å²) in [7, 11) is 0. The Labute approximate surface area is 100 Å². The van der Waals surface area contributed by atoms with E-state index in [2.05, 4.69) is 0 Å². The second-order valence-corrected chi connectivity index (χ2v) is 2.10. The Morgan fingerprint density at radius 3 is 1.23 bits per heavy atom. The largest absolute Gasteiger partial charge is 1.00 e. The summed E-state index contributed by atoms with van der Waals surface area (Å²) in [5.74, 6) is -1.92. The van der Waals surface area contributed by atoms with Gasteiger partial charge in [0.2, 0.25) is 0 Å². The third-order valence-corrected chi connectivity index (χ3v) is 0. The van der Waals surface area contributed by atoms with Gasteiger partial charge in [0.25, 0.3) is 5.97 Å². The number of hydrogen-bond acceptors (Lipinski definition) is 4. The van der Waals surface area contributed by atoms with Crippen LogP contribution in [0, 0.1) is 0 Å². The van der Waals surface area contributed by atoms with Gasteiger partial charge in [-0.15, -0.1) is 0 Å². The van der Waals surface area contributed by atoms with Crippen molar-refractivity contribution in [2.24, 2.45) is 0 Å². The predicted molar refractivity (Wildman–Crippen MR) is 41.3 cm³/mol. The minimum atomic E-state index is -1.08. The van der Waals surface area contributed by atoms with E-state index in [0.29, 0.717) is 0 Å². The SMILES string of the molecule is CC(=O)O.CC(=O)[O-].CC(C)O.[Na+]. The monoisotopic (exact) mass is 202 g/mol. The Bertz CT molecular complexity index is 101. The van der Waals surface area contributed by atoms with Gasteiger partial charge in [-0.2, -0.15) is 0 Å². The molecule has 0 aliphatic rings. The van der Waals surface area contributed by atoms with Crippen molar-refractivity contribution < 1.29 is 54.5 Å². The van der Waals surface area contributed by atoms with E-state index in [1.54, 1.807) is 13.8 Å². The maximum absolute atomic E-state index is 9.00.